The van der Waals surface area contributed by atoms with Crippen molar-refractivity contribution in [3.63, 3.8) is 0 Å². The highest BCUT2D eigenvalue weighted by Gasteiger charge is 2.70. The van der Waals surface area contributed by atoms with E-state index in [1.165, 1.54) is 0 Å². The van der Waals surface area contributed by atoms with Crippen molar-refractivity contribution in [3.8, 4) is 0 Å². The maximum Gasteiger partial charge on any atom is 0.416 e. The van der Waals surface area contributed by atoms with Gasteiger partial charge in [-0.2, -0.15) is 13.2 Å². The lowest BCUT2D eigenvalue weighted by Crippen LogP contribution is -2.51. The molecular weight excluding hydrogens is 228 g/mol. The summed E-state index contributed by atoms with van der Waals surface area (Å²) in [5.41, 5.74) is 0. The predicted molar refractivity (Wildman–Crippen MR) is 38.8 cm³/mol. The van der Waals surface area contributed by atoms with Gasteiger partial charge in [0.25, 0.3) is 5.16 Å². The van der Waals surface area contributed by atoms with Crippen LogP contribution in [0.4, 0.5) is 13.2 Å². The van der Waals surface area contributed by atoms with E-state index < -0.39 is 31.3 Å². The van der Waals surface area contributed by atoms with Crippen LogP contribution in [-0.4, -0.2) is 32.2 Å². The summed E-state index contributed by atoms with van der Waals surface area (Å²) < 4.78 is 47.3. The Labute approximate surface area is 76.7 Å². The number of rotatable bonds is 3. The summed E-state index contributed by atoms with van der Waals surface area (Å²) in [7, 11) is -5.81. The summed E-state index contributed by atoms with van der Waals surface area (Å²) in [6, 6.07) is 0. The second kappa shape index (κ2) is 3.52. The van der Waals surface area contributed by atoms with E-state index in [4.69, 9.17) is 14.9 Å². The first-order chi connectivity index (χ1) is 6.00. The molecule has 0 aromatic heterocycles. The largest absolute Gasteiger partial charge is 0.480 e. The molecule has 0 aliphatic heterocycles. The smallest absolute Gasteiger partial charge is 0.416 e. The van der Waals surface area contributed by atoms with Crippen LogP contribution < -0.4 is 0 Å². The van der Waals surface area contributed by atoms with Crippen molar-refractivity contribution in [2.75, 3.05) is 0 Å². The molecule has 9 heteroatoms. The normalized spacial score (nSPS) is 17.6. The van der Waals surface area contributed by atoms with Crippen LogP contribution >= 0.6 is 7.60 Å². The Morgan fingerprint density at radius 1 is 1.36 bits per heavy atom. The Morgan fingerprint density at radius 3 is 1.71 bits per heavy atom. The van der Waals surface area contributed by atoms with Crippen molar-refractivity contribution in [2.24, 2.45) is 0 Å². The van der Waals surface area contributed by atoms with E-state index in [0.717, 1.165) is 6.92 Å². The van der Waals surface area contributed by atoms with Gasteiger partial charge in [-0.15, -0.1) is 0 Å². The molecule has 0 aliphatic rings. The Bertz CT molecular complexity index is 282. The van der Waals surface area contributed by atoms with Crippen LogP contribution in [0, 0.1) is 0 Å². The number of carboxylic acid groups (broad SMARTS) is 1. The molecule has 1 unspecified atom stereocenters. The van der Waals surface area contributed by atoms with Crippen molar-refractivity contribution in [1.29, 1.82) is 0 Å². The van der Waals surface area contributed by atoms with Crippen molar-refractivity contribution in [1.82, 2.24) is 0 Å². The topological polar surface area (TPSA) is 94.8 Å². The molecule has 0 aliphatic carbocycles. The van der Waals surface area contributed by atoms with E-state index in [9.17, 15) is 22.5 Å². The van der Waals surface area contributed by atoms with Crippen molar-refractivity contribution >= 4 is 13.6 Å². The fourth-order valence-electron chi connectivity index (χ4n) is 0.969. The highest BCUT2D eigenvalue weighted by Crippen LogP contribution is 2.60. The van der Waals surface area contributed by atoms with Crippen LogP contribution in [0.2, 0.25) is 0 Å². The van der Waals surface area contributed by atoms with Crippen LogP contribution in [-0.2, 0) is 9.36 Å². The Kier molecular flexibility index (Phi) is 3.38. The lowest BCUT2D eigenvalue weighted by molar-refractivity contribution is -0.188. The summed E-state index contributed by atoms with van der Waals surface area (Å²) in [5.74, 6) is -2.57. The summed E-state index contributed by atoms with van der Waals surface area (Å²) in [6.07, 6.45) is -6.72. The highest BCUT2D eigenvalue weighted by molar-refractivity contribution is 7.55. The van der Waals surface area contributed by atoms with Gasteiger partial charge in [-0.3, -0.25) is 9.36 Å². The van der Waals surface area contributed by atoms with Crippen LogP contribution in [0.15, 0.2) is 0 Å². The molecule has 0 saturated heterocycles. The van der Waals surface area contributed by atoms with E-state index in [0.29, 0.717) is 0 Å². The van der Waals surface area contributed by atoms with Gasteiger partial charge in [0.1, 0.15) is 0 Å². The van der Waals surface area contributed by atoms with Gasteiger partial charge >= 0.3 is 19.7 Å². The molecule has 0 aromatic rings. The first-order valence-electron chi connectivity index (χ1n) is 3.36. The molecule has 3 N–H and O–H groups in total. The minimum Gasteiger partial charge on any atom is -0.480 e. The summed E-state index contributed by atoms with van der Waals surface area (Å²) >= 11 is 0. The molecule has 0 saturated carbocycles. The number of halogens is 3. The van der Waals surface area contributed by atoms with Gasteiger partial charge in [-0.25, -0.2) is 0 Å². The Balaban J connectivity index is 5.71. The van der Waals surface area contributed by atoms with Gasteiger partial charge in [0.15, 0.2) is 0 Å². The molecule has 0 amide bonds. The van der Waals surface area contributed by atoms with Crippen LogP contribution in [0.5, 0.6) is 0 Å². The number of hydrogen-bond acceptors (Lipinski definition) is 2. The van der Waals surface area contributed by atoms with Crippen molar-refractivity contribution in [3.05, 3.63) is 0 Å². The molecule has 0 fully saturated rings. The fourth-order valence-corrected chi connectivity index (χ4v) is 1.96. The molecule has 0 spiro atoms. The maximum absolute atomic E-state index is 12.2. The Morgan fingerprint density at radius 2 is 1.71 bits per heavy atom. The van der Waals surface area contributed by atoms with Crippen LogP contribution in [0.1, 0.15) is 13.3 Å². The van der Waals surface area contributed by atoms with Gasteiger partial charge in [0, 0.05) is 0 Å². The molecule has 5 nitrogen and oxygen atoms in total. The Hall–Kier alpha value is -0.590. The monoisotopic (exact) mass is 236 g/mol. The molecule has 0 heterocycles. The third kappa shape index (κ3) is 1.77. The van der Waals surface area contributed by atoms with Gasteiger partial charge < -0.3 is 14.9 Å². The quantitative estimate of drug-likeness (QED) is 0.634. The van der Waals surface area contributed by atoms with Gasteiger partial charge in [-0.05, 0) is 6.42 Å². The molecular formula is C5H8F3O5P. The summed E-state index contributed by atoms with van der Waals surface area (Å²) in [6.45, 7) is 0.751. The fraction of sp³-hybridized carbons (Fsp3) is 0.800. The average Bonchev–Trinajstić information content (AvgIpc) is 1.80. The van der Waals surface area contributed by atoms with E-state index in [1.807, 2.05) is 0 Å². The minimum absolute atomic E-state index is 0.751. The van der Waals surface area contributed by atoms with Gasteiger partial charge in [0.2, 0.25) is 0 Å². The second-order valence-electron chi connectivity index (χ2n) is 2.56. The van der Waals surface area contributed by atoms with Gasteiger partial charge in [-0.1, -0.05) is 6.92 Å². The van der Waals surface area contributed by atoms with Crippen LogP contribution in [0.3, 0.4) is 0 Å². The predicted octanol–water partition coefficient (Wildman–Crippen LogP) is 0.960. The first-order valence-corrected chi connectivity index (χ1v) is 4.97. The molecule has 0 bridgehead atoms. The zero-order valence-electron chi connectivity index (χ0n) is 6.95. The minimum atomic E-state index is -5.81. The van der Waals surface area contributed by atoms with Gasteiger partial charge in [0.05, 0.1) is 0 Å². The standard InChI is InChI=1S/C5H8F3O5P/c1-2-4(3(9)10,5(6,7)8)14(11,12)13/h2H2,1H3,(H,9,10)(H2,11,12,13). The molecule has 14 heavy (non-hydrogen) atoms. The number of alkyl halides is 3. The van der Waals surface area contributed by atoms with E-state index in [2.05, 4.69) is 0 Å². The number of aliphatic carboxylic acids is 1. The SMILES string of the molecule is CCC(C(=O)O)(C(F)(F)F)P(=O)(O)O. The lowest BCUT2D eigenvalue weighted by Gasteiger charge is -2.30. The van der Waals surface area contributed by atoms with Crippen molar-refractivity contribution in [2.45, 2.75) is 24.7 Å². The number of carboxylic acids is 1. The summed E-state index contributed by atoms with van der Waals surface area (Å²) in [5, 5.41) is 4.28. The third-order valence-corrected chi connectivity index (χ3v) is 3.59. The molecule has 0 radical (unpaired) electrons. The van der Waals surface area contributed by atoms with E-state index in [-0.39, 0.29) is 0 Å². The van der Waals surface area contributed by atoms with Crippen LogP contribution in [0.25, 0.3) is 0 Å². The first kappa shape index (κ1) is 13.4. The molecule has 1 atom stereocenters. The summed E-state index contributed by atoms with van der Waals surface area (Å²) in [4.78, 5) is 27.2. The second-order valence-corrected chi connectivity index (χ2v) is 4.41. The lowest BCUT2D eigenvalue weighted by atomic mass is 10.1. The average molecular weight is 236 g/mol. The van der Waals surface area contributed by atoms with E-state index >= 15 is 0 Å². The number of hydrogen-bond donors (Lipinski definition) is 3. The zero-order chi connectivity index (χ0) is 11.8. The van der Waals surface area contributed by atoms with E-state index in [1.54, 1.807) is 0 Å². The number of carbonyl (C=O) groups is 1. The third-order valence-electron chi connectivity index (χ3n) is 1.83. The maximum atomic E-state index is 12.2. The molecule has 0 rings (SSSR count). The molecule has 84 valence electrons. The van der Waals surface area contributed by atoms with Crippen molar-refractivity contribution < 1.29 is 37.4 Å². The molecule has 0 aromatic carbocycles. The zero-order valence-corrected chi connectivity index (χ0v) is 7.84. The highest BCUT2D eigenvalue weighted by atomic mass is 31.2.